The Morgan fingerprint density at radius 2 is 1.92 bits per heavy atom. The predicted octanol–water partition coefficient (Wildman–Crippen LogP) is 3.94. The average Bonchev–Trinajstić information content (AvgIpc) is 3.28. The van der Waals surface area contributed by atoms with E-state index in [0.717, 1.165) is 11.3 Å². The highest BCUT2D eigenvalue weighted by Crippen LogP contribution is 2.48. The van der Waals surface area contributed by atoms with Gasteiger partial charge in [-0.2, -0.15) is 0 Å². The van der Waals surface area contributed by atoms with Gasteiger partial charge in [-0.25, -0.2) is 9.79 Å². The molecule has 0 fully saturated rings. The van der Waals surface area contributed by atoms with Crippen LogP contribution >= 0.6 is 11.8 Å². The van der Waals surface area contributed by atoms with Gasteiger partial charge in [-0.15, -0.1) is 0 Å². The summed E-state index contributed by atoms with van der Waals surface area (Å²) in [5, 5.41) is 5.52. The first kappa shape index (κ1) is 25.3. The van der Waals surface area contributed by atoms with Gasteiger partial charge in [-0.1, -0.05) is 23.9 Å². The molecular weight excluding hydrogens is 480 g/mol. The summed E-state index contributed by atoms with van der Waals surface area (Å²) in [5.41, 5.74) is 3.32. The zero-order valence-electron chi connectivity index (χ0n) is 20.6. The average molecular weight is 509 g/mol. The molecule has 2 aliphatic heterocycles. The highest BCUT2D eigenvalue weighted by atomic mass is 32.2. The number of hydrogen-bond acceptors (Lipinski definition) is 9. The summed E-state index contributed by atoms with van der Waals surface area (Å²) in [6.45, 7) is 4.17. The van der Waals surface area contributed by atoms with Gasteiger partial charge in [-0.05, 0) is 43.0 Å². The van der Waals surface area contributed by atoms with Gasteiger partial charge in [-0.3, -0.25) is 9.78 Å². The van der Waals surface area contributed by atoms with Gasteiger partial charge in [0.05, 0.1) is 44.6 Å². The first-order valence-corrected chi connectivity index (χ1v) is 12.3. The van der Waals surface area contributed by atoms with Crippen molar-refractivity contribution in [3.05, 3.63) is 76.2 Å². The second-order valence-corrected chi connectivity index (χ2v) is 8.84. The summed E-state index contributed by atoms with van der Waals surface area (Å²) in [6, 6.07) is 8.61. The van der Waals surface area contributed by atoms with Crippen molar-refractivity contribution in [2.45, 2.75) is 32.9 Å². The molecule has 1 aromatic carbocycles. The van der Waals surface area contributed by atoms with E-state index in [4.69, 9.17) is 14.2 Å². The van der Waals surface area contributed by atoms with Crippen LogP contribution in [0.3, 0.4) is 0 Å². The molecule has 0 saturated carbocycles. The highest BCUT2D eigenvalue weighted by Gasteiger charge is 2.42. The summed E-state index contributed by atoms with van der Waals surface area (Å²) in [7, 11) is 3.12. The summed E-state index contributed by atoms with van der Waals surface area (Å²) in [4.78, 5) is 36.7. The monoisotopic (exact) mass is 508 g/mol. The number of nitrogens with one attached hydrogen (secondary N) is 1. The Morgan fingerprint density at radius 1 is 1.14 bits per heavy atom. The summed E-state index contributed by atoms with van der Waals surface area (Å²) >= 11 is 1.41. The standard InChI is InChI=1S/C26H28N4O5S/c1-5-35-25(32)22-16(2)29-26-30(23(22)19-7-6-8-20(33-3)24(19)34-4)18(15-36-26)13-21(31)28-14-17-9-11-27-12-10-17/h6-12,15,23H,5,13-14H2,1-4H3,(H,28,31). The molecule has 1 N–H and O–H groups in total. The Bertz CT molecular complexity index is 1240. The van der Waals surface area contributed by atoms with E-state index in [9.17, 15) is 9.59 Å². The number of nitrogens with zero attached hydrogens (tertiary/aromatic N) is 3. The van der Waals surface area contributed by atoms with Crippen LogP contribution in [0.1, 0.15) is 37.4 Å². The highest BCUT2D eigenvalue weighted by molar-refractivity contribution is 8.16. The van der Waals surface area contributed by atoms with E-state index in [-0.39, 0.29) is 18.9 Å². The Morgan fingerprint density at radius 3 is 2.61 bits per heavy atom. The van der Waals surface area contributed by atoms with E-state index in [1.54, 1.807) is 46.5 Å². The van der Waals surface area contributed by atoms with E-state index in [2.05, 4.69) is 15.3 Å². The largest absolute Gasteiger partial charge is 0.493 e. The minimum atomic E-state index is -0.615. The van der Waals surface area contributed by atoms with Gasteiger partial charge >= 0.3 is 5.97 Å². The number of fused-ring (bicyclic) bond motifs is 1. The number of rotatable bonds is 9. The normalized spacial score (nSPS) is 16.7. The molecule has 0 bridgehead atoms. The third-order valence-corrected chi connectivity index (χ3v) is 6.69. The van der Waals surface area contributed by atoms with Crippen LogP contribution in [0.25, 0.3) is 0 Å². The molecule has 10 heteroatoms. The van der Waals surface area contributed by atoms with Crippen molar-refractivity contribution in [2.75, 3.05) is 20.8 Å². The Labute approximate surface area is 214 Å². The predicted molar refractivity (Wildman–Crippen MR) is 137 cm³/mol. The van der Waals surface area contributed by atoms with Crippen molar-refractivity contribution in [3.8, 4) is 11.5 Å². The summed E-state index contributed by atoms with van der Waals surface area (Å²) in [6.07, 6.45) is 3.48. The van der Waals surface area contributed by atoms with Crippen LogP contribution in [0.15, 0.2) is 70.1 Å². The lowest BCUT2D eigenvalue weighted by molar-refractivity contribution is -0.139. The fraction of sp³-hybridized carbons (Fsp3) is 0.308. The lowest BCUT2D eigenvalue weighted by atomic mass is 9.92. The third kappa shape index (κ3) is 5.08. The van der Waals surface area contributed by atoms with Crippen LogP contribution in [0, 0.1) is 0 Å². The summed E-state index contributed by atoms with van der Waals surface area (Å²) in [5.74, 6) is 0.415. The van der Waals surface area contributed by atoms with E-state index >= 15 is 0 Å². The van der Waals surface area contributed by atoms with Crippen molar-refractivity contribution < 1.29 is 23.8 Å². The van der Waals surface area contributed by atoms with Gasteiger partial charge in [0.2, 0.25) is 5.91 Å². The molecule has 0 saturated heterocycles. The number of aromatic nitrogens is 1. The smallest absolute Gasteiger partial charge is 0.338 e. The maximum atomic E-state index is 13.2. The van der Waals surface area contributed by atoms with Crippen LogP contribution in [0.5, 0.6) is 11.5 Å². The molecule has 4 rings (SSSR count). The number of thioether (sulfide) groups is 1. The lowest BCUT2D eigenvalue weighted by Crippen LogP contribution is -2.38. The Balaban J connectivity index is 1.69. The zero-order chi connectivity index (χ0) is 25.7. The molecule has 1 unspecified atom stereocenters. The maximum absolute atomic E-state index is 13.2. The third-order valence-electron chi connectivity index (χ3n) is 5.80. The topological polar surface area (TPSA) is 102 Å². The Hall–Kier alpha value is -3.79. The number of amides is 1. The minimum Gasteiger partial charge on any atom is -0.493 e. The quantitative estimate of drug-likeness (QED) is 0.508. The molecule has 0 radical (unpaired) electrons. The van der Waals surface area contributed by atoms with Crippen molar-refractivity contribution >= 4 is 28.8 Å². The van der Waals surface area contributed by atoms with E-state index in [1.165, 1.54) is 11.8 Å². The second-order valence-electron chi connectivity index (χ2n) is 8.01. The molecule has 9 nitrogen and oxygen atoms in total. The fourth-order valence-electron chi connectivity index (χ4n) is 4.19. The van der Waals surface area contributed by atoms with Crippen molar-refractivity contribution in [1.82, 2.24) is 15.2 Å². The molecule has 188 valence electrons. The minimum absolute atomic E-state index is 0.106. The molecule has 2 aromatic rings. The Kier molecular flexibility index (Phi) is 7.94. The molecule has 1 atom stereocenters. The number of carbonyl (C=O) groups excluding carboxylic acids is 2. The first-order valence-electron chi connectivity index (χ1n) is 11.5. The van der Waals surface area contributed by atoms with Crippen LogP contribution in [-0.2, 0) is 20.9 Å². The number of hydrogen-bond donors (Lipinski definition) is 1. The van der Waals surface area contributed by atoms with E-state index in [1.807, 2.05) is 34.6 Å². The number of para-hydroxylation sites is 1. The van der Waals surface area contributed by atoms with Crippen LogP contribution in [-0.4, -0.2) is 47.8 Å². The number of ether oxygens (including phenoxy) is 3. The van der Waals surface area contributed by atoms with Crippen LogP contribution < -0.4 is 14.8 Å². The number of methoxy groups -OCH3 is 2. The number of benzene rings is 1. The molecule has 3 heterocycles. The molecule has 1 aromatic heterocycles. The van der Waals surface area contributed by atoms with Crippen molar-refractivity contribution in [1.29, 1.82) is 0 Å². The first-order chi connectivity index (χ1) is 17.5. The molecule has 2 aliphatic rings. The molecule has 0 spiro atoms. The molecule has 36 heavy (non-hydrogen) atoms. The number of pyridine rings is 1. The lowest BCUT2D eigenvalue weighted by Gasteiger charge is -2.37. The van der Waals surface area contributed by atoms with Gasteiger partial charge in [0.1, 0.15) is 0 Å². The second kappa shape index (κ2) is 11.3. The van der Waals surface area contributed by atoms with Gasteiger partial charge in [0.15, 0.2) is 16.7 Å². The van der Waals surface area contributed by atoms with Crippen LogP contribution in [0.4, 0.5) is 0 Å². The van der Waals surface area contributed by atoms with Gasteiger partial charge in [0.25, 0.3) is 0 Å². The molecular formula is C26H28N4O5S. The maximum Gasteiger partial charge on any atom is 0.338 e. The van der Waals surface area contributed by atoms with E-state index in [0.29, 0.717) is 40.0 Å². The van der Waals surface area contributed by atoms with Crippen LogP contribution in [0.2, 0.25) is 0 Å². The fourth-order valence-corrected chi connectivity index (χ4v) is 5.15. The number of allylic oxidation sites excluding steroid dienone is 1. The number of aliphatic imine (C=N–C) groups is 1. The number of carbonyl (C=O) groups is 2. The van der Waals surface area contributed by atoms with Gasteiger partial charge in [0, 0.05) is 30.2 Å². The van der Waals surface area contributed by atoms with Crippen molar-refractivity contribution in [2.24, 2.45) is 4.99 Å². The molecule has 0 aliphatic carbocycles. The SMILES string of the molecule is CCOC(=O)C1=C(C)N=C2SC=C(CC(=O)NCc3ccncc3)N2C1c1cccc(OC)c1OC. The van der Waals surface area contributed by atoms with E-state index < -0.39 is 12.0 Å². The summed E-state index contributed by atoms with van der Waals surface area (Å²) < 4.78 is 16.6. The number of amidine groups is 1. The zero-order valence-corrected chi connectivity index (χ0v) is 21.4. The van der Waals surface area contributed by atoms with Crippen molar-refractivity contribution in [3.63, 3.8) is 0 Å². The number of esters is 1. The van der Waals surface area contributed by atoms with Gasteiger partial charge < -0.3 is 24.4 Å². The molecule has 1 amide bonds.